The first-order valence-electron chi connectivity index (χ1n) is 4.56. The number of aldehydes is 1. The molecule has 68 valence electrons. The van der Waals surface area contributed by atoms with E-state index in [0.29, 0.717) is 12.2 Å². The van der Waals surface area contributed by atoms with Crippen molar-refractivity contribution < 1.29 is 9.90 Å². The molecule has 1 N–H and O–H groups in total. The average molecular weight is 176 g/mol. The summed E-state index contributed by atoms with van der Waals surface area (Å²) in [5, 5.41) is 9.55. The molecule has 13 heavy (non-hydrogen) atoms. The van der Waals surface area contributed by atoms with Crippen LogP contribution in [0.25, 0.3) is 0 Å². The lowest BCUT2D eigenvalue weighted by atomic mass is 9.84. The maximum Gasteiger partial charge on any atom is 0.123 e. The molecule has 1 unspecified atom stereocenters. The van der Waals surface area contributed by atoms with Crippen molar-refractivity contribution in [2.75, 3.05) is 0 Å². The van der Waals surface area contributed by atoms with E-state index in [2.05, 4.69) is 0 Å². The van der Waals surface area contributed by atoms with E-state index in [9.17, 15) is 9.90 Å². The number of rotatable bonds is 1. The average Bonchev–Trinajstić information content (AvgIpc) is 2.18. The van der Waals surface area contributed by atoms with Crippen LogP contribution in [0, 0.1) is 5.92 Å². The number of aromatic hydroxyl groups is 1. The molecule has 1 aliphatic carbocycles. The second kappa shape index (κ2) is 3.21. The molecule has 0 fully saturated rings. The van der Waals surface area contributed by atoms with Crippen molar-refractivity contribution in [3.05, 3.63) is 29.3 Å². The molecule has 0 aromatic heterocycles. The predicted octanol–water partition coefficient (Wildman–Crippen LogP) is 1.70. The fourth-order valence-corrected chi connectivity index (χ4v) is 1.91. The number of phenolic OH excluding ortho intramolecular Hbond substituents is 1. The van der Waals surface area contributed by atoms with Crippen LogP contribution >= 0.6 is 0 Å². The van der Waals surface area contributed by atoms with Gasteiger partial charge in [-0.3, -0.25) is 0 Å². The molecule has 0 radical (unpaired) electrons. The van der Waals surface area contributed by atoms with Crippen LogP contribution in [0.15, 0.2) is 18.2 Å². The van der Waals surface area contributed by atoms with Gasteiger partial charge < -0.3 is 9.90 Å². The summed E-state index contributed by atoms with van der Waals surface area (Å²) in [5.74, 6) is 0.435. The van der Waals surface area contributed by atoms with Gasteiger partial charge in [-0.2, -0.15) is 0 Å². The summed E-state index contributed by atoms with van der Waals surface area (Å²) in [6.07, 6.45) is 3.52. The smallest absolute Gasteiger partial charge is 0.123 e. The number of aryl methyl sites for hydroxylation is 1. The highest BCUT2D eigenvalue weighted by atomic mass is 16.3. The van der Waals surface area contributed by atoms with Crippen LogP contribution in [0.3, 0.4) is 0 Å². The molecule has 2 rings (SSSR count). The molecule has 0 saturated carbocycles. The lowest BCUT2D eigenvalue weighted by Crippen LogP contribution is -2.15. The Morgan fingerprint density at radius 3 is 3.08 bits per heavy atom. The SMILES string of the molecule is O=CC1CCc2cccc(O)c2C1. The van der Waals surface area contributed by atoms with E-state index < -0.39 is 0 Å². The second-order valence-electron chi connectivity index (χ2n) is 3.55. The fraction of sp³-hybridized carbons (Fsp3) is 0.364. The van der Waals surface area contributed by atoms with Gasteiger partial charge in [0.05, 0.1) is 0 Å². The summed E-state index contributed by atoms with van der Waals surface area (Å²) in [5.41, 5.74) is 2.16. The van der Waals surface area contributed by atoms with Gasteiger partial charge in [0.1, 0.15) is 12.0 Å². The van der Waals surface area contributed by atoms with Crippen LogP contribution in [0.2, 0.25) is 0 Å². The van der Waals surface area contributed by atoms with Crippen molar-refractivity contribution in [2.24, 2.45) is 5.92 Å². The van der Waals surface area contributed by atoms with Gasteiger partial charge in [0.15, 0.2) is 0 Å². The topological polar surface area (TPSA) is 37.3 Å². The van der Waals surface area contributed by atoms with E-state index in [1.807, 2.05) is 12.1 Å². The number of hydrogen-bond acceptors (Lipinski definition) is 2. The Morgan fingerprint density at radius 1 is 1.46 bits per heavy atom. The van der Waals surface area contributed by atoms with Crippen molar-refractivity contribution >= 4 is 6.29 Å². The van der Waals surface area contributed by atoms with Gasteiger partial charge in [-0.1, -0.05) is 12.1 Å². The maximum absolute atomic E-state index is 10.6. The Morgan fingerprint density at radius 2 is 2.31 bits per heavy atom. The van der Waals surface area contributed by atoms with Crippen molar-refractivity contribution in [3.8, 4) is 5.75 Å². The molecule has 0 heterocycles. The molecule has 0 amide bonds. The first-order chi connectivity index (χ1) is 6.31. The molecule has 0 bridgehead atoms. The van der Waals surface area contributed by atoms with Crippen LogP contribution in [-0.2, 0) is 17.6 Å². The zero-order valence-corrected chi connectivity index (χ0v) is 7.36. The summed E-state index contributed by atoms with van der Waals surface area (Å²) < 4.78 is 0. The van der Waals surface area contributed by atoms with Gasteiger partial charge in [0, 0.05) is 5.92 Å². The summed E-state index contributed by atoms with van der Waals surface area (Å²) in [6.45, 7) is 0. The first-order valence-corrected chi connectivity index (χ1v) is 4.56. The van der Waals surface area contributed by atoms with E-state index in [0.717, 1.165) is 24.7 Å². The molecule has 1 atom stereocenters. The summed E-state index contributed by atoms with van der Waals surface area (Å²) >= 11 is 0. The molecule has 0 spiro atoms. The number of carbonyl (C=O) groups is 1. The zero-order valence-electron chi connectivity index (χ0n) is 7.36. The summed E-state index contributed by atoms with van der Waals surface area (Å²) in [4.78, 5) is 10.6. The van der Waals surface area contributed by atoms with Crippen molar-refractivity contribution in [1.82, 2.24) is 0 Å². The molecule has 1 aromatic rings. The highest BCUT2D eigenvalue weighted by Crippen LogP contribution is 2.30. The number of benzene rings is 1. The third kappa shape index (κ3) is 1.44. The highest BCUT2D eigenvalue weighted by molar-refractivity contribution is 5.57. The number of phenols is 1. The van der Waals surface area contributed by atoms with Crippen molar-refractivity contribution in [1.29, 1.82) is 0 Å². The first kappa shape index (κ1) is 8.30. The van der Waals surface area contributed by atoms with Gasteiger partial charge >= 0.3 is 0 Å². The van der Waals surface area contributed by atoms with Gasteiger partial charge in [0.2, 0.25) is 0 Å². The molecular formula is C11H12O2. The quantitative estimate of drug-likeness (QED) is 0.661. The highest BCUT2D eigenvalue weighted by Gasteiger charge is 2.19. The third-order valence-electron chi connectivity index (χ3n) is 2.69. The van der Waals surface area contributed by atoms with Crippen LogP contribution in [-0.4, -0.2) is 11.4 Å². The Bertz CT molecular complexity index is 331. The van der Waals surface area contributed by atoms with E-state index >= 15 is 0 Å². The van der Waals surface area contributed by atoms with Crippen LogP contribution in [0.1, 0.15) is 17.5 Å². The molecule has 2 heteroatoms. The van der Waals surface area contributed by atoms with Gasteiger partial charge in [-0.05, 0) is 36.5 Å². The Balaban J connectivity index is 2.37. The Kier molecular flexibility index (Phi) is 2.05. The largest absolute Gasteiger partial charge is 0.508 e. The predicted molar refractivity (Wildman–Crippen MR) is 49.7 cm³/mol. The molecule has 1 aliphatic rings. The minimum absolute atomic E-state index is 0.0980. The number of fused-ring (bicyclic) bond motifs is 1. The zero-order chi connectivity index (χ0) is 9.26. The lowest BCUT2D eigenvalue weighted by molar-refractivity contribution is -0.111. The lowest BCUT2D eigenvalue weighted by Gasteiger charge is -2.20. The fourth-order valence-electron chi connectivity index (χ4n) is 1.91. The molecular weight excluding hydrogens is 164 g/mol. The van der Waals surface area contributed by atoms with Crippen molar-refractivity contribution in [3.63, 3.8) is 0 Å². The monoisotopic (exact) mass is 176 g/mol. The van der Waals surface area contributed by atoms with Crippen LogP contribution in [0.4, 0.5) is 0 Å². The maximum atomic E-state index is 10.6. The minimum atomic E-state index is 0.0980. The standard InChI is InChI=1S/C11H12O2/c12-7-8-4-5-9-2-1-3-11(13)10(9)6-8/h1-3,7-8,13H,4-6H2. The van der Waals surface area contributed by atoms with E-state index in [4.69, 9.17) is 0 Å². The molecule has 2 nitrogen and oxygen atoms in total. The third-order valence-corrected chi connectivity index (χ3v) is 2.69. The number of carbonyl (C=O) groups excluding carboxylic acids is 1. The van der Waals surface area contributed by atoms with Crippen LogP contribution < -0.4 is 0 Å². The Labute approximate surface area is 77.2 Å². The Hall–Kier alpha value is -1.31. The van der Waals surface area contributed by atoms with Crippen LogP contribution in [0.5, 0.6) is 5.75 Å². The van der Waals surface area contributed by atoms with E-state index in [-0.39, 0.29) is 5.92 Å². The second-order valence-corrected chi connectivity index (χ2v) is 3.55. The van der Waals surface area contributed by atoms with Gasteiger partial charge in [-0.25, -0.2) is 0 Å². The summed E-state index contributed by atoms with van der Waals surface area (Å²) in [6, 6.07) is 5.57. The van der Waals surface area contributed by atoms with Gasteiger partial charge in [0.25, 0.3) is 0 Å². The van der Waals surface area contributed by atoms with Crippen molar-refractivity contribution in [2.45, 2.75) is 19.3 Å². The number of hydrogen-bond donors (Lipinski definition) is 1. The molecule has 0 aliphatic heterocycles. The van der Waals surface area contributed by atoms with E-state index in [1.54, 1.807) is 6.07 Å². The summed E-state index contributed by atoms with van der Waals surface area (Å²) in [7, 11) is 0. The molecule has 1 aromatic carbocycles. The minimum Gasteiger partial charge on any atom is -0.508 e. The van der Waals surface area contributed by atoms with Gasteiger partial charge in [-0.15, -0.1) is 0 Å². The molecule has 0 saturated heterocycles. The van der Waals surface area contributed by atoms with E-state index in [1.165, 1.54) is 5.56 Å². The normalized spacial score (nSPS) is 20.8.